The zero-order valence-corrected chi connectivity index (χ0v) is 28.2. The van der Waals surface area contributed by atoms with Crippen molar-refractivity contribution in [2.24, 2.45) is 0 Å². The standard InChI is InChI=1S/C23H27.C12H7Si.2ClH.Zr/c1-6-17-13-18-11-12-20(16(4)5)23(22(18)14-17)21-10-8-7-9-19(21)15(2)3;1-3-7-11-9(5-1)10-6-2-4-8-12(10)13-11;;;/h7-16H,6H2,1-5H3;1-7H;2*1H;/q2*-1;;;+4/p-2. The van der Waals surface area contributed by atoms with E-state index in [2.05, 4.69) is 126 Å². The van der Waals surface area contributed by atoms with E-state index >= 15 is 0 Å². The van der Waals surface area contributed by atoms with Gasteiger partial charge in [-0.25, -0.2) is 0 Å². The van der Waals surface area contributed by atoms with E-state index in [9.17, 15) is 0 Å². The Kier molecular flexibility index (Phi) is 12.6. The fourth-order valence-electron chi connectivity index (χ4n) is 5.30. The van der Waals surface area contributed by atoms with Crippen LogP contribution in [0.3, 0.4) is 0 Å². The minimum atomic E-state index is 0. The zero-order valence-electron chi connectivity index (χ0n) is 23.3. The molecule has 0 amide bonds. The molecule has 2 radical (unpaired) electrons. The van der Waals surface area contributed by atoms with Crippen LogP contribution in [-0.4, -0.2) is 9.52 Å². The first-order valence-corrected chi connectivity index (χ1v) is 14.2. The summed E-state index contributed by atoms with van der Waals surface area (Å²) in [6.07, 6.45) is 1.09. The molecule has 1 heterocycles. The Morgan fingerprint density at radius 1 is 0.744 bits per heavy atom. The Balaban J connectivity index is 0.000000285. The van der Waals surface area contributed by atoms with Crippen molar-refractivity contribution in [3.05, 3.63) is 114 Å². The summed E-state index contributed by atoms with van der Waals surface area (Å²) in [6, 6.07) is 36.5. The monoisotopic (exact) mass is 642 g/mol. The van der Waals surface area contributed by atoms with Gasteiger partial charge in [0.05, 0.1) is 9.52 Å². The molecule has 0 unspecified atom stereocenters. The fourth-order valence-corrected chi connectivity index (χ4v) is 6.61. The van der Waals surface area contributed by atoms with Crippen molar-refractivity contribution in [1.29, 1.82) is 0 Å². The molecule has 0 aliphatic carbocycles. The molecule has 4 heteroatoms. The van der Waals surface area contributed by atoms with Gasteiger partial charge in [-0.3, -0.25) is 0 Å². The summed E-state index contributed by atoms with van der Waals surface area (Å²) in [7, 11) is 0.795. The van der Waals surface area contributed by atoms with Gasteiger partial charge in [0, 0.05) is 0 Å². The summed E-state index contributed by atoms with van der Waals surface area (Å²) in [5, 5.41) is 5.62. The Hall–Kier alpha value is -1.83. The van der Waals surface area contributed by atoms with Gasteiger partial charge in [-0.1, -0.05) is 105 Å². The molecule has 0 saturated heterocycles. The van der Waals surface area contributed by atoms with Crippen LogP contribution in [0.2, 0.25) is 0 Å². The molecule has 5 aromatic rings. The average molecular weight is 645 g/mol. The molecule has 1 aliphatic rings. The van der Waals surface area contributed by atoms with Gasteiger partial charge in [-0.15, -0.1) is 40.1 Å². The maximum atomic E-state index is 3.31. The van der Waals surface area contributed by atoms with Crippen LogP contribution in [0.4, 0.5) is 0 Å². The van der Waals surface area contributed by atoms with Crippen LogP contribution < -0.4 is 35.2 Å². The number of aryl methyl sites for hydroxylation is 1. The van der Waals surface area contributed by atoms with E-state index < -0.39 is 0 Å². The first kappa shape index (κ1) is 33.4. The number of hydrogen-bond donors (Lipinski definition) is 0. The zero-order chi connectivity index (χ0) is 25.2. The van der Waals surface area contributed by atoms with Gasteiger partial charge >= 0.3 is 26.2 Å². The average Bonchev–Trinajstić information content (AvgIpc) is 3.49. The molecule has 0 N–H and O–H groups in total. The molecule has 6 rings (SSSR count). The molecule has 0 bridgehead atoms. The first-order valence-electron chi connectivity index (χ1n) is 13.2. The van der Waals surface area contributed by atoms with Crippen LogP contribution in [0.15, 0.2) is 91.0 Å². The second-order valence-corrected chi connectivity index (χ2v) is 11.6. The van der Waals surface area contributed by atoms with E-state index in [1.54, 1.807) is 0 Å². The van der Waals surface area contributed by atoms with Gasteiger partial charge in [-0.05, 0) is 29.4 Å². The largest absolute Gasteiger partial charge is 4.00 e. The number of halogens is 2. The van der Waals surface area contributed by atoms with Crippen molar-refractivity contribution in [3.63, 3.8) is 0 Å². The molecule has 0 nitrogen and oxygen atoms in total. The van der Waals surface area contributed by atoms with E-state index in [0.717, 1.165) is 15.9 Å². The Bertz CT molecular complexity index is 1470. The van der Waals surface area contributed by atoms with E-state index in [1.807, 2.05) is 6.07 Å². The summed E-state index contributed by atoms with van der Waals surface area (Å²) < 4.78 is 0. The maximum Gasteiger partial charge on any atom is 4.00 e. The fraction of sp³-hybridized carbons (Fsp3) is 0.229. The molecule has 39 heavy (non-hydrogen) atoms. The van der Waals surface area contributed by atoms with Gasteiger partial charge in [0.1, 0.15) is 0 Å². The van der Waals surface area contributed by atoms with E-state index in [1.165, 1.54) is 60.1 Å². The van der Waals surface area contributed by atoms with Gasteiger partial charge in [0.15, 0.2) is 0 Å². The SMILES string of the molecule is CCc1cc2c(-c3ccccc3C(C)C)c(C(C)C)ccc2[cH-]1.[Cl-].[Cl-].[Zr+4].[c-]1cccc2c1[Si]c1ccccc1-2. The molecule has 0 spiro atoms. The summed E-state index contributed by atoms with van der Waals surface area (Å²) >= 11 is 0. The molecule has 196 valence electrons. The van der Waals surface area contributed by atoms with Gasteiger partial charge in [0.2, 0.25) is 0 Å². The van der Waals surface area contributed by atoms with E-state index in [-0.39, 0.29) is 51.0 Å². The first-order chi connectivity index (χ1) is 17.5. The van der Waals surface area contributed by atoms with Gasteiger partial charge < -0.3 is 24.8 Å². The predicted molar refractivity (Wildman–Crippen MR) is 158 cm³/mol. The summed E-state index contributed by atoms with van der Waals surface area (Å²) in [6.45, 7) is 11.4. The number of rotatable bonds is 4. The van der Waals surface area contributed by atoms with E-state index in [0.29, 0.717) is 11.8 Å². The van der Waals surface area contributed by atoms with E-state index in [4.69, 9.17) is 0 Å². The molecular weight excluding hydrogens is 611 g/mol. The van der Waals surface area contributed by atoms with Crippen molar-refractivity contribution in [2.45, 2.75) is 52.9 Å². The van der Waals surface area contributed by atoms with Gasteiger partial charge in [-0.2, -0.15) is 35.5 Å². The minimum Gasteiger partial charge on any atom is -1.00 e. The summed E-state index contributed by atoms with van der Waals surface area (Å²) in [5.41, 5.74) is 9.96. The smallest absolute Gasteiger partial charge is 1.00 e. The van der Waals surface area contributed by atoms with Crippen LogP contribution in [0.1, 0.15) is 63.1 Å². The summed E-state index contributed by atoms with van der Waals surface area (Å²) in [5.74, 6) is 1.05. The number of fused-ring (bicyclic) bond motifs is 4. The second-order valence-electron chi connectivity index (χ2n) is 10.3. The Morgan fingerprint density at radius 3 is 2.08 bits per heavy atom. The van der Waals surface area contributed by atoms with Crippen molar-refractivity contribution in [3.8, 4) is 22.3 Å². The number of hydrogen-bond acceptors (Lipinski definition) is 0. The predicted octanol–water partition coefficient (Wildman–Crippen LogP) is 2.16. The molecule has 0 saturated carbocycles. The summed E-state index contributed by atoms with van der Waals surface area (Å²) in [4.78, 5) is 0. The van der Waals surface area contributed by atoms with Gasteiger partial charge in [0.25, 0.3) is 0 Å². The molecule has 0 fully saturated rings. The minimum absolute atomic E-state index is 0. The van der Waals surface area contributed by atoms with Crippen LogP contribution in [0.5, 0.6) is 0 Å². The van der Waals surface area contributed by atoms with Crippen molar-refractivity contribution in [1.82, 2.24) is 0 Å². The Labute approximate surface area is 268 Å². The molecule has 0 aromatic heterocycles. The molecule has 0 atom stereocenters. The third-order valence-corrected chi connectivity index (χ3v) is 8.57. The third-order valence-electron chi connectivity index (χ3n) is 7.20. The van der Waals surface area contributed by atoms with Crippen LogP contribution >= 0.6 is 0 Å². The molecule has 5 aromatic carbocycles. The topological polar surface area (TPSA) is 0 Å². The quantitative estimate of drug-likeness (QED) is 0.204. The third kappa shape index (κ3) is 6.91. The maximum absolute atomic E-state index is 3.31. The van der Waals surface area contributed by atoms with Crippen molar-refractivity contribution >= 4 is 30.7 Å². The molecular formula is C35H34Cl2SiZr. The Morgan fingerprint density at radius 2 is 1.38 bits per heavy atom. The van der Waals surface area contributed by atoms with Crippen molar-refractivity contribution < 1.29 is 51.0 Å². The van der Waals surface area contributed by atoms with Crippen molar-refractivity contribution in [2.75, 3.05) is 0 Å². The van der Waals surface area contributed by atoms with Crippen LogP contribution in [0, 0.1) is 6.07 Å². The number of benzene rings is 4. The van der Waals surface area contributed by atoms with Crippen LogP contribution in [0.25, 0.3) is 33.0 Å². The second kappa shape index (κ2) is 14.7. The molecule has 1 aliphatic heterocycles. The normalized spacial score (nSPS) is 11.1. The van der Waals surface area contributed by atoms with Crippen LogP contribution in [-0.2, 0) is 32.6 Å².